The standard InChI is InChI=1S/C29H22N2O3/c1-34-29(33)26-11-5-10-24(28(26)23-8-3-2-4-9-23)15-12-21-13-16-25(17-14-21)31-27(32)19-22-7-6-18-30-20-22/h2-11,13-14,16-18,20H,19H2,1H3,(H,31,32). The lowest BCUT2D eigenvalue weighted by atomic mass is 9.94. The first kappa shape index (κ1) is 22.5. The van der Waals surface area contributed by atoms with Gasteiger partial charge in [0.05, 0.1) is 19.1 Å². The number of esters is 1. The molecule has 1 heterocycles. The number of pyridine rings is 1. The van der Waals surface area contributed by atoms with E-state index >= 15 is 0 Å². The van der Waals surface area contributed by atoms with Crippen LogP contribution >= 0.6 is 0 Å². The number of methoxy groups -OCH3 is 1. The fraction of sp³-hybridized carbons (Fsp3) is 0.0690. The first-order valence-electron chi connectivity index (χ1n) is 10.7. The highest BCUT2D eigenvalue weighted by molar-refractivity contribution is 5.99. The third-order valence-corrected chi connectivity index (χ3v) is 5.13. The van der Waals surface area contributed by atoms with Gasteiger partial charge in [0.1, 0.15) is 0 Å². The van der Waals surface area contributed by atoms with Crippen molar-refractivity contribution < 1.29 is 14.3 Å². The zero-order valence-corrected chi connectivity index (χ0v) is 18.6. The van der Waals surface area contributed by atoms with E-state index in [1.807, 2.05) is 66.7 Å². The van der Waals surface area contributed by atoms with E-state index in [9.17, 15) is 9.59 Å². The van der Waals surface area contributed by atoms with Gasteiger partial charge in [-0.15, -0.1) is 0 Å². The third kappa shape index (κ3) is 5.56. The lowest BCUT2D eigenvalue weighted by Crippen LogP contribution is -2.14. The second kappa shape index (κ2) is 10.8. The van der Waals surface area contributed by atoms with Crippen LogP contribution in [-0.4, -0.2) is 24.0 Å². The number of nitrogens with one attached hydrogen (secondary N) is 1. The van der Waals surface area contributed by atoms with Crippen molar-refractivity contribution in [3.8, 4) is 23.0 Å². The Labute approximate surface area is 198 Å². The van der Waals surface area contributed by atoms with Crippen molar-refractivity contribution in [1.82, 2.24) is 4.98 Å². The number of carbonyl (C=O) groups is 2. The molecule has 5 nitrogen and oxygen atoms in total. The molecule has 166 valence electrons. The van der Waals surface area contributed by atoms with Crippen molar-refractivity contribution in [3.05, 3.63) is 120 Å². The van der Waals surface area contributed by atoms with Crippen LogP contribution in [0.3, 0.4) is 0 Å². The molecule has 5 heteroatoms. The van der Waals surface area contributed by atoms with Crippen LogP contribution in [-0.2, 0) is 16.0 Å². The molecule has 0 spiro atoms. The van der Waals surface area contributed by atoms with E-state index in [1.165, 1.54) is 7.11 Å². The van der Waals surface area contributed by atoms with Crippen molar-refractivity contribution in [2.24, 2.45) is 0 Å². The van der Waals surface area contributed by atoms with Crippen LogP contribution in [0.4, 0.5) is 5.69 Å². The Morgan fingerprint density at radius 1 is 0.882 bits per heavy atom. The number of rotatable bonds is 5. The minimum atomic E-state index is -0.408. The molecular weight excluding hydrogens is 424 g/mol. The summed E-state index contributed by atoms with van der Waals surface area (Å²) in [4.78, 5) is 28.6. The highest BCUT2D eigenvalue weighted by Gasteiger charge is 2.16. The van der Waals surface area contributed by atoms with Crippen molar-refractivity contribution in [3.63, 3.8) is 0 Å². The largest absolute Gasteiger partial charge is 0.465 e. The Balaban J connectivity index is 1.55. The van der Waals surface area contributed by atoms with E-state index in [-0.39, 0.29) is 12.3 Å². The van der Waals surface area contributed by atoms with E-state index in [0.29, 0.717) is 11.3 Å². The van der Waals surface area contributed by atoms with Gasteiger partial charge in [-0.3, -0.25) is 9.78 Å². The quantitative estimate of drug-likeness (QED) is 0.341. The van der Waals surface area contributed by atoms with Crippen LogP contribution in [0.2, 0.25) is 0 Å². The van der Waals surface area contributed by atoms with E-state index in [4.69, 9.17) is 4.74 Å². The summed E-state index contributed by atoms with van der Waals surface area (Å²) in [5.41, 5.74) is 5.15. The molecule has 1 N–H and O–H groups in total. The molecule has 0 saturated carbocycles. The molecule has 0 atom stereocenters. The number of anilines is 1. The van der Waals surface area contributed by atoms with Gasteiger partial charge in [0.25, 0.3) is 0 Å². The summed E-state index contributed by atoms with van der Waals surface area (Å²) in [5, 5.41) is 2.88. The maximum Gasteiger partial charge on any atom is 0.338 e. The molecule has 0 saturated heterocycles. The smallest absolute Gasteiger partial charge is 0.338 e. The molecule has 4 rings (SSSR count). The fourth-order valence-electron chi connectivity index (χ4n) is 3.52. The summed E-state index contributed by atoms with van der Waals surface area (Å²) in [6.45, 7) is 0. The zero-order valence-electron chi connectivity index (χ0n) is 18.6. The molecule has 3 aromatic carbocycles. The van der Waals surface area contributed by atoms with Crippen LogP contribution in [0.5, 0.6) is 0 Å². The minimum absolute atomic E-state index is 0.112. The van der Waals surface area contributed by atoms with Crippen LogP contribution in [0.15, 0.2) is 97.3 Å². The Bertz CT molecular complexity index is 1350. The van der Waals surface area contributed by atoms with Crippen molar-refractivity contribution in [2.75, 3.05) is 12.4 Å². The summed E-state index contributed by atoms with van der Waals surface area (Å²) >= 11 is 0. The van der Waals surface area contributed by atoms with Gasteiger partial charge >= 0.3 is 5.97 Å². The summed E-state index contributed by atoms with van der Waals surface area (Å²) in [5.74, 6) is 5.82. The number of ether oxygens (including phenoxy) is 1. The van der Waals surface area contributed by atoms with E-state index in [2.05, 4.69) is 22.1 Å². The molecule has 0 aliphatic rings. The number of hydrogen-bond acceptors (Lipinski definition) is 4. The average molecular weight is 447 g/mol. The first-order valence-corrected chi connectivity index (χ1v) is 10.7. The summed E-state index contributed by atoms with van der Waals surface area (Å²) in [7, 11) is 1.37. The molecule has 0 aliphatic carbocycles. The predicted octanol–water partition coefficient (Wildman–Crippen LogP) is 5.12. The summed E-state index contributed by atoms with van der Waals surface area (Å²) < 4.78 is 4.97. The first-order chi connectivity index (χ1) is 16.6. The molecule has 0 aliphatic heterocycles. The number of benzene rings is 3. The number of hydrogen-bond donors (Lipinski definition) is 1. The minimum Gasteiger partial charge on any atom is -0.465 e. The Kier molecular flexibility index (Phi) is 7.12. The zero-order chi connectivity index (χ0) is 23.8. The number of carbonyl (C=O) groups excluding carboxylic acids is 2. The highest BCUT2D eigenvalue weighted by Crippen LogP contribution is 2.28. The van der Waals surface area contributed by atoms with Gasteiger partial charge < -0.3 is 10.1 Å². The normalized spacial score (nSPS) is 10.0. The van der Waals surface area contributed by atoms with Gasteiger partial charge in [0, 0.05) is 34.8 Å². The summed E-state index contributed by atoms with van der Waals surface area (Å²) in [6, 6.07) is 26.0. The molecule has 0 fully saturated rings. The molecule has 0 bridgehead atoms. The van der Waals surface area contributed by atoms with E-state index < -0.39 is 5.97 Å². The van der Waals surface area contributed by atoms with E-state index in [0.717, 1.165) is 27.8 Å². The Morgan fingerprint density at radius 2 is 1.68 bits per heavy atom. The van der Waals surface area contributed by atoms with Gasteiger partial charge in [0.15, 0.2) is 0 Å². The fourth-order valence-corrected chi connectivity index (χ4v) is 3.52. The van der Waals surface area contributed by atoms with Gasteiger partial charge in [-0.2, -0.15) is 0 Å². The lowest BCUT2D eigenvalue weighted by molar-refractivity contribution is -0.115. The van der Waals surface area contributed by atoms with Gasteiger partial charge in [0.2, 0.25) is 5.91 Å². The third-order valence-electron chi connectivity index (χ3n) is 5.13. The SMILES string of the molecule is COC(=O)c1cccc(C#Cc2ccc(NC(=O)Cc3cccnc3)cc2)c1-c1ccccc1. The van der Waals surface area contributed by atoms with Crippen molar-refractivity contribution in [2.45, 2.75) is 6.42 Å². The van der Waals surface area contributed by atoms with Crippen molar-refractivity contribution >= 4 is 17.6 Å². The van der Waals surface area contributed by atoms with Crippen LogP contribution in [0, 0.1) is 11.8 Å². The monoisotopic (exact) mass is 446 g/mol. The second-order valence-corrected chi connectivity index (χ2v) is 7.50. The van der Waals surface area contributed by atoms with Gasteiger partial charge in [-0.25, -0.2) is 4.79 Å². The van der Waals surface area contributed by atoms with Crippen LogP contribution in [0.25, 0.3) is 11.1 Å². The molecule has 1 aromatic heterocycles. The van der Waals surface area contributed by atoms with Crippen LogP contribution in [0.1, 0.15) is 27.0 Å². The lowest BCUT2D eigenvalue weighted by Gasteiger charge is -2.10. The van der Waals surface area contributed by atoms with Crippen molar-refractivity contribution in [1.29, 1.82) is 0 Å². The molecule has 0 unspecified atom stereocenters. The molecule has 4 aromatic rings. The topological polar surface area (TPSA) is 68.3 Å². The van der Waals surface area contributed by atoms with Gasteiger partial charge in [-0.05, 0) is 53.6 Å². The Morgan fingerprint density at radius 3 is 2.38 bits per heavy atom. The molecule has 34 heavy (non-hydrogen) atoms. The highest BCUT2D eigenvalue weighted by atomic mass is 16.5. The molecule has 0 radical (unpaired) electrons. The Hall–Kier alpha value is -4.69. The van der Waals surface area contributed by atoms with Gasteiger partial charge in [-0.1, -0.05) is 54.3 Å². The average Bonchev–Trinajstić information content (AvgIpc) is 2.88. The van der Waals surface area contributed by atoms with E-state index in [1.54, 1.807) is 30.6 Å². The number of aromatic nitrogens is 1. The van der Waals surface area contributed by atoms with Crippen LogP contribution < -0.4 is 5.32 Å². The maximum absolute atomic E-state index is 12.4. The number of nitrogens with zero attached hydrogens (tertiary/aromatic N) is 1. The molecular formula is C29H22N2O3. The second-order valence-electron chi connectivity index (χ2n) is 7.50. The molecule has 1 amide bonds. The summed E-state index contributed by atoms with van der Waals surface area (Å²) in [6.07, 6.45) is 3.61. The number of amides is 1. The predicted molar refractivity (Wildman–Crippen MR) is 132 cm³/mol. The maximum atomic E-state index is 12.4.